The number of anilines is 1. The van der Waals surface area contributed by atoms with Gasteiger partial charge in [-0.25, -0.2) is 14.6 Å². The lowest BCUT2D eigenvalue weighted by atomic mass is 10.2. The summed E-state index contributed by atoms with van der Waals surface area (Å²) in [4.78, 5) is 27.4. The molecule has 0 unspecified atom stereocenters. The largest absolute Gasteiger partial charge is 0.462 e. The molecule has 0 amide bonds. The maximum atomic E-state index is 12.7. The molecule has 31 heavy (non-hydrogen) atoms. The number of hydrogen-bond donors (Lipinski definition) is 1. The van der Waals surface area contributed by atoms with Crippen molar-refractivity contribution in [3.8, 4) is 11.6 Å². The van der Waals surface area contributed by atoms with Gasteiger partial charge in [-0.05, 0) is 44.2 Å². The van der Waals surface area contributed by atoms with Crippen molar-refractivity contribution in [2.45, 2.75) is 20.0 Å². The summed E-state index contributed by atoms with van der Waals surface area (Å²) in [6, 6.07) is 6.77. The van der Waals surface area contributed by atoms with Crippen molar-refractivity contribution in [1.82, 2.24) is 4.98 Å². The molecule has 2 aromatic rings. The van der Waals surface area contributed by atoms with Crippen LogP contribution in [0.25, 0.3) is 0 Å². The Kier molecular flexibility index (Phi) is 8.26. The van der Waals surface area contributed by atoms with Crippen LogP contribution in [0.1, 0.15) is 19.4 Å². The molecule has 0 aliphatic carbocycles. The Morgan fingerprint density at radius 1 is 1.10 bits per heavy atom. The molecule has 0 fully saturated rings. The number of pyridine rings is 1. The minimum Gasteiger partial charge on any atom is -0.462 e. The lowest BCUT2D eigenvalue weighted by molar-refractivity contribution is -0.146. The van der Waals surface area contributed by atoms with E-state index in [1.807, 2.05) is 0 Å². The van der Waals surface area contributed by atoms with E-state index >= 15 is 0 Å². The molecule has 1 aromatic carbocycles. The summed E-state index contributed by atoms with van der Waals surface area (Å²) in [6.45, 7) is 3.37. The van der Waals surface area contributed by atoms with Gasteiger partial charge in [-0.1, -0.05) is 11.6 Å². The summed E-state index contributed by atoms with van der Waals surface area (Å²) >= 11 is 5.82. The molecule has 0 bridgehead atoms. The number of benzene rings is 1. The van der Waals surface area contributed by atoms with Gasteiger partial charge in [0.1, 0.15) is 10.8 Å². The quantitative estimate of drug-likeness (QED) is 0.259. The average molecular weight is 459 g/mol. The summed E-state index contributed by atoms with van der Waals surface area (Å²) in [6.07, 6.45) is -2.80. The Labute approximate surface area is 180 Å². The van der Waals surface area contributed by atoms with Crippen LogP contribution in [-0.4, -0.2) is 30.1 Å². The second kappa shape index (κ2) is 10.7. The molecular weight excluding hydrogens is 441 g/mol. The first-order chi connectivity index (χ1) is 14.7. The average Bonchev–Trinajstić information content (AvgIpc) is 2.70. The van der Waals surface area contributed by atoms with Crippen molar-refractivity contribution >= 4 is 29.2 Å². The fourth-order valence-electron chi connectivity index (χ4n) is 2.16. The van der Waals surface area contributed by atoms with Gasteiger partial charge in [-0.3, -0.25) is 0 Å². The first-order valence-electron chi connectivity index (χ1n) is 8.97. The van der Waals surface area contributed by atoms with Crippen LogP contribution in [0.4, 0.5) is 18.9 Å². The van der Waals surface area contributed by atoms with Crippen LogP contribution in [0.15, 0.2) is 48.3 Å². The molecule has 0 aliphatic heterocycles. The molecule has 0 saturated heterocycles. The van der Waals surface area contributed by atoms with Crippen LogP contribution >= 0.6 is 11.6 Å². The van der Waals surface area contributed by atoms with Crippen molar-refractivity contribution < 1.29 is 37.0 Å². The van der Waals surface area contributed by atoms with Gasteiger partial charge in [-0.2, -0.15) is 13.2 Å². The molecule has 1 aromatic heterocycles. The van der Waals surface area contributed by atoms with Crippen molar-refractivity contribution in [2.24, 2.45) is 0 Å². The van der Waals surface area contributed by atoms with Crippen molar-refractivity contribution in [1.29, 1.82) is 0 Å². The second-order valence-electron chi connectivity index (χ2n) is 5.78. The Bertz CT molecular complexity index is 942. The van der Waals surface area contributed by atoms with E-state index in [0.29, 0.717) is 11.9 Å². The van der Waals surface area contributed by atoms with E-state index in [-0.39, 0.29) is 35.4 Å². The lowest BCUT2D eigenvalue weighted by Gasteiger charge is -2.11. The van der Waals surface area contributed by atoms with Gasteiger partial charge in [0.2, 0.25) is 5.88 Å². The predicted octanol–water partition coefficient (Wildman–Crippen LogP) is 4.97. The third-order valence-electron chi connectivity index (χ3n) is 3.58. The summed E-state index contributed by atoms with van der Waals surface area (Å²) < 4.78 is 53.1. The monoisotopic (exact) mass is 458 g/mol. The standard InChI is InChI=1S/C20H18ClF3N2O5/c1-3-29-18(27)15(19(28)30-4-2)11-25-13-5-7-14(8-6-13)31-17-16(21)9-12(10-26-17)20(22,23)24/h5-11,25H,3-4H2,1-2H3. The summed E-state index contributed by atoms with van der Waals surface area (Å²) in [7, 11) is 0. The summed E-state index contributed by atoms with van der Waals surface area (Å²) in [5, 5.41) is 2.47. The number of carbonyl (C=O) groups is 2. The first-order valence-corrected chi connectivity index (χ1v) is 9.35. The number of nitrogens with zero attached hydrogens (tertiary/aromatic N) is 1. The van der Waals surface area contributed by atoms with E-state index in [1.165, 1.54) is 24.3 Å². The lowest BCUT2D eigenvalue weighted by Crippen LogP contribution is -2.19. The summed E-state index contributed by atoms with van der Waals surface area (Å²) in [5.74, 6) is -1.62. The van der Waals surface area contributed by atoms with Crippen molar-refractivity contribution in [2.75, 3.05) is 18.5 Å². The number of alkyl halides is 3. The number of nitrogens with one attached hydrogen (secondary N) is 1. The van der Waals surface area contributed by atoms with Gasteiger partial charge in [0.15, 0.2) is 5.57 Å². The maximum Gasteiger partial charge on any atom is 0.417 e. The molecule has 7 nitrogen and oxygen atoms in total. The Morgan fingerprint density at radius 3 is 2.16 bits per heavy atom. The van der Waals surface area contributed by atoms with Crippen LogP contribution in [0, 0.1) is 0 Å². The zero-order valence-electron chi connectivity index (χ0n) is 16.5. The van der Waals surface area contributed by atoms with Crippen LogP contribution in [0.5, 0.6) is 11.6 Å². The van der Waals surface area contributed by atoms with Crippen molar-refractivity contribution in [3.63, 3.8) is 0 Å². The smallest absolute Gasteiger partial charge is 0.417 e. The Hall–Kier alpha value is -3.27. The molecule has 2 rings (SSSR count). The number of rotatable bonds is 8. The minimum absolute atomic E-state index is 0.0855. The molecule has 0 atom stereocenters. The van der Waals surface area contributed by atoms with E-state index in [1.54, 1.807) is 13.8 Å². The zero-order valence-corrected chi connectivity index (χ0v) is 17.2. The Morgan fingerprint density at radius 2 is 1.68 bits per heavy atom. The molecular formula is C20H18ClF3N2O5. The number of aromatic nitrogens is 1. The van der Waals surface area contributed by atoms with Crippen LogP contribution in [-0.2, 0) is 25.2 Å². The molecule has 11 heteroatoms. The van der Waals surface area contributed by atoms with Crippen LogP contribution < -0.4 is 10.1 Å². The Balaban J connectivity index is 2.11. The number of esters is 2. The summed E-state index contributed by atoms with van der Waals surface area (Å²) in [5.41, 5.74) is -0.829. The van der Waals surface area contributed by atoms with E-state index < -0.39 is 23.7 Å². The molecule has 0 spiro atoms. The number of hydrogen-bond acceptors (Lipinski definition) is 7. The van der Waals surface area contributed by atoms with Gasteiger partial charge < -0.3 is 19.5 Å². The van der Waals surface area contributed by atoms with Crippen molar-refractivity contribution in [3.05, 3.63) is 58.9 Å². The number of carbonyl (C=O) groups excluding carboxylic acids is 2. The maximum absolute atomic E-state index is 12.7. The third-order valence-corrected chi connectivity index (χ3v) is 3.85. The molecule has 1 heterocycles. The molecule has 0 radical (unpaired) electrons. The van der Waals surface area contributed by atoms with Crippen LogP contribution in [0.3, 0.4) is 0 Å². The predicted molar refractivity (Wildman–Crippen MR) is 106 cm³/mol. The molecule has 0 aliphatic rings. The normalized spacial score (nSPS) is 10.8. The fraction of sp³-hybridized carbons (Fsp3) is 0.250. The third kappa shape index (κ3) is 6.88. The van der Waals surface area contributed by atoms with E-state index in [2.05, 4.69) is 10.3 Å². The zero-order chi connectivity index (χ0) is 23.0. The molecule has 166 valence electrons. The highest BCUT2D eigenvalue weighted by Gasteiger charge is 2.31. The topological polar surface area (TPSA) is 86.8 Å². The number of halogens is 4. The second-order valence-corrected chi connectivity index (χ2v) is 6.19. The fourth-order valence-corrected chi connectivity index (χ4v) is 2.37. The van der Waals surface area contributed by atoms with Crippen LogP contribution in [0.2, 0.25) is 5.02 Å². The van der Waals surface area contributed by atoms with E-state index in [0.717, 1.165) is 12.3 Å². The van der Waals surface area contributed by atoms with E-state index in [4.69, 9.17) is 25.8 Å². The van der Waals surface area contributed by atoms with Gasteiger partial charge in [0.05, 0.1) is 18.8 Å². The first kappa shape index (κ1) is 24.0. The SMILES string of the molecule is CCOC(=O)C(=CNc1ccc(Oc2ncc(C(F)(F)F)cc2Cl)cc1)C(=O)OCC. The highest BCUT2D eigenvalue weighted by atomic mass is 35.5. The number of ether oxygens (including phenoxy) is 3. The highest BCUT2D eigenvalue weighted by Crippen LogP contribution is 2.34. The van der Waals surface area contributed by atoms with E-state index in [9.17, 15) is 22.8 Å². The van der Waals surface area contributed by atoms with Gasteiger partial charge in [0, 0.05) is 18.1 Å². The molecule has 0 saturated carbocycles. The van der Waals surface area contributed by atoms with Gasteiger partial charge in [-0.15, -0.1) is 0 Å². The van der Waals surface area contributed by atoms with Gasteiger partial charge in [0.25, 0.3) is 0 Å². The molecule has 1 N–H and O–H groups in total. The minimum atomic E-state index is -4.57. The van der Waals surface area contributed by atoms with Gasteiger partial charge >= 0.3 is 18.1 Å². The highest BCUT2D eigenvalue weighted by molar-refractivity contribution is 6.31.